The van der Waals surface area contributed by atoms with Crippen molar-refractivity contribution < 1.29 is 18.3 Å². The molecule has 1 unspecified atom stereocenters. The molecule has 0 bridgehead atoms. The van der Waals surface area contributed by atoms with Gasteiger partial charge in [-0.25, -0.2) is 8.78 Å². The predicted octanol–water partition coefficient (Wildman–Crippen LogP) is 1.09. The third kappa shape index (κ3) is 2.43. The smallest absolute Gasteiger partial charge is 0.290 e. The highest BCUT2D eigenvalue weighted by Crippen LogP contribution is 2.30. The fourth-order valence-electron chi connectivity index (χ4n) is 2.18. The topological polar surface area (TPSA) is 54.3 Å². The highest BCUT2D eigenvalue weighted by molar-refractivity contribution is 5.82. The van der Waals surface area contributed by atoms with Crippen molar-refractivity contribution in [1.82, 2.24) is 4.90 Å². The summed E-state index contributed by atoms with van der Waals surface area (Å²) >= 11 is 0. The van der Waals surface area contributed by atoms with Crippen LogP contribution in [0, 0.1) is 0 Å². The molecule has 0 aromatic heterocycles. The Morgan fingerprint density at radius 2 is 2.24 bits per heavy atom. The number of alkyl halides is 2. The van der Waals surface area contributed by atoms with Gasteiger partial charge in [0.2, 0.25) is 5.91 Å². The molecule has 0 aromatic rings. The molecule has 0 aromatic carbocycles. The van der Waals surface area contributed by atoms with Gasteiger partial charge in [-0.2, -0.15) is 10.2 Å². The van der Waals surface area contributed by atoms with E-state index in [1.54, 1.807) is 0 Å². The molecule has 2 atom stereocenters. The highest BCUT2D eigenvalue weighted by Gasteiger charge is 2.47. The number of azo groups is 1. The summed E-state index contributed by atoms with van der Waals surface area (Å²) in [6.45, 7) is 0.205. The maximum atomic E-state index is 13.6. The lowest BCUT2D eigenvalue weighted by molar-refractivity contribution is -0.173. The fourth-order valence-corrected chi connectivity index (χ4v) is 2.18. The van der Waals surface area contributed by atoms with Crippen LogP contribution in [0.5, 0.6) is 0 Å². The number of hydrogen-bond acceptors (Lipinski definition) is 4. The van der Waals surface area contributed by atoms with Crippen LogP contribution in [0.1, 0.15) is 12.8 Å². The molecule has 1 amide bonds. The van der Waals surface area contributed by atoms with Crippen molar-refractivity contribution in [3.63, 3.8) is 0 Å². The van der Waals surface area contributed by atoms with E-state index < -0.39 is 24.6 Å². The predicted molar refractivity (Wildman–Crippen MR) is 55.1 cm³/mol. The SMILES string of the molecule is CO[C@H]1CCN(C(=O)C2CCN=N2)CC1(F)F. The zero-order valence-corrected chi connectivity index (χ0v) is 9.60. The number of ether oxygens (including phenoxy) is 1. The Balaban J connectivity index is 2.00. The minimum Gasteiger partial charge on any atom is -0.375 e. The first-order valence-corrected chi connectivity index (χ1v) is 5.60. The summed E-state index contributed by atoms with van der Waals surface area (Å²) < 4.78 is 31.9. The van der Waals surface area contributed by atoms with Crippen molar-refractivity contribution in [3.05, 3.63) is 0 Å². The van der Waals surface area contributed by atoms with Crippen LogP contribution in [0.4, 0.5) is 8.78 Å². The van der Waals surface area contributed by atoms with Gasteiger partial charge in [0.05, 0.1) is 13.1 Å². The zero-order chi connectivity index (χ0) is 12.5. The quantitative estimate of drug-likeness (QED) is 0.733. The highest BCUT2D eigenvalue weighted by atomic mass is 19.3. The van der Waals surface area contributed by atoms with E-state index >= 15 is 0 Å². The minimum absolute atomic E-state index is 0.152. The van der Waals surface area contributed by atoms with Gasteiger partial charge in [-0.05, 0) is 6.42 Å². The van der Waals surface area contributed by atoms with E-state index in [2.05, 4.69) is 10.2 Å². The fraction of sp³-hybridized carbons (Fsp3) is 0.900. The second kappa shape index (κ2) is 4.64. The number of piperidine rings is 1. The Morgan fingerprint density at radius 1 is 1.47 bits per heavy atom. The number of methoxy groups -OCH3 is 1. The Labute approximate surface area is 97.8 Å². The molecule has 1 saturated heterocycles. The number of likely N-dealkylation sites (tertiary alicyclic amines) is 1. The molecular formula is C10H15F2N3O2. The van der Waals surface area contributed by atoms with E-state index in [0.29, 0.717) is 19.5 Å². The van der Waals surface area contributed by atoms with E-state index in [0.717, 1.165) is 0 Å². The van der Waals surface area contributed by atoms with Crippen LogP contribution in [0.3, 0.4) is 0 Å². The lowest BCUT2D eigenvalue weighted by Crippen LogP contribution is -2.55. The Morgan fingerprint density at radius 3 is 2.76 bits per heavy atom. The molecule has 0 radical (unpaired) electrons. The van der Waals surface area contributed by atoms with Crippen molar-refractivity contribution in [2.24, 2.45) is 10.2 Å². The molecule has 2 heterocycles. The first-order valence-electron chi connectivity index (χ1n) is 5.60. The summed E-state index contributed by atoms with van der Waals surface area (Å²) in [7, 11) is 1.27. The van der Waals surface area contributed by atoms with Crippen LogP contribution in [0.2, 0.25) is 0 Å². The second-order valence-corrected chi connectivity index (χ2v) is 4.32. The Hall–Kier alpha value is -1.11. The van der Waals surface area contributed by atoms with E-state index in [9.17, 15) is 13.6 Å². The molecule has 0 spiro atoms. The summed E-state index contributed by atoms with van der Waals surface area (Å²) in [5.41, 5.74) is 0. The van der Waals surface area contributed by atoms with E-state index in [4.69, 9.17) is 4.74 Å². The summed E-state index contributed by atoms with van der Waals surface area (Å²) in [6.07, 6.45) is -0.426. The number of carbonyl (C=O) groups is 1. The molecular weight excluding hydrogens is 232 g/mol. The van der Waals surface area contributed by atoms with E-state index in [1.807, 2.05) is 0 Å². The number of carbonyl (C=O) groups excluding carboxylic acids is 1. The van der Waals surface area contributed by atoms with Gasteiger partial charge in [0, 0.05) is 20.1 Å². The number of amides is 1. The molecule has 5 nitrogen and oxygen atoms in total. The van der Waals surface area contributed by atoms with Crippen LogP contribution in [0.15, 0.2) is 10.2 Å². The number of rotatable bonds is 2. The van der Waals surface area contributed by atoms with Crippen LogP contribution in [-0.2, 0) is 9.53 Å². The average molecular weight is 247 g/mol. The first-order chi connectivity index (χ1) is 8.04. The van der Waals surface area contributed by atoms with Crippen molar-refractivity contribution in [3.8, 4) is 0 Å². The molecule has 17 heavy (non-hydrogen) atoms. The van der Waals surface area contributed by atoms with Crippen molar-refractivity contribution in [1.29, 1.82) is 0 Å². The largest absolute Gasteiger partial charge is 0.375 e. The standard InChI is InChI=1S/C10H15F2N3O2/c1-17-8-3-5-15(6-10(8,11)12)9(16)7-2-4-13-14-7/h7-8H,2-6H2,1H3/t7?,8-/m0/s1. The summed E-state index contributed by atoms with van der Waals surface area (Å²) in [5, 5.41) is 7.47. The number of hydrogen-bond donors (Lipinski definition) is 0. The summed E-state index contributed by atoms with van der Waals surface area (Å²) in [6, 6.07) is -0.565. The van der Waals surface area contributed by atoms with Crippen molar-refractivity contribution >= 4 is 5.91 Å². The molecule has 2 aliphatic rings. The lowest BCUT2D eigenvalue weighted by Gasteiger charge is -2.37. The Kier molecular flexibility index (Phi) is 3.37. The van der Waals surface area contributed by atoms with Crippen LogP contribution < -0.4 is 0 Å². The monoisotopic (exact) mass is 247 g/mol. The zero-order valence-electron chi connectivity index (χ0n) is 9.60. The van der Waals surface area contributed by atoms with Gasteiger partial charge in [-0.1, -0.05) is 0 Å². The maximum absolute atomic E-state index is 13.6. The van der Waals surface area contributed by atoms with Gasteiger partial charge in [-0.15, -0.1) is 0 Å². The summed E-state index contributed by atoms with van der Waals surface area (Å²) in [5.74, 6) is -3.33. The average Bonchev–Trinajstić information content (AvgIpc) is 2.80. The number of halogens is 2. The molecule has 0 saturated carbocycles. The summed E-state index contributed by atoms with van der Waals surface area (Å²) in [4.78, 5) is 13.1. The molecule has 96 valence electrons. The van der Waals surface area contributed by atoms with Crippen molar-refractivity contribution in [2.75, 3.05) is 26.7 Å². The molecule has 0 aliphatic carbocycles. The Bertz CT molecular complexity index is 336. The van der Waals surface area contributed by atoms with Crippen LogP contribution >= 0.6 is 0 Å². The molecule has 2 aliphatic heterocycles. The van der Waals surface area contributed by atoms with Gasteiger partial charge in [0.25, 0.3) is 5.92 Å². The van der Waals surface area contributed by atoms with Crippen molar-refractivity contribution in [2.45, 2.75) is 30.9 Å². The van der Waals surface area contributed by atoms with Crippen LogP contribution in [-0.4, -0.2) is 55.6 Å². The van der Waals surface area contributed by atoms with Gasteiger partial charge < -0.3 is 9.64 Å². The third-order valence-corrected chi connectivity index (χ3v) is 3.14. The third-order valence-electron chi connectivity index (χ3n) is 3.14. The first kappa shape index (κ1) is 12.3. The van der Waals surface area contributed by atoms with Gasteiger partial charge in [0.15, 0.2) is 6.04 Å². The van der Waals surface area contributed by atoms with Gasteiger partial charge in [0.1, 0.15) is 6.10 Å². The van der Waals surface area contributed by atoms with Gasteiger partial charge in [-0.3, -0.25) is 4.79 Å². The molecule has 7 heteroatoms. The van der Waals surface area contributed by atoms with Gasteiger partial charge >= 0.3 is 0 Å². The second-order valence-electron chi connectivity index (χ2n) is 4.32. The lowest BCUT2D eigenvalue weighted by atomic mass is 10.0. The molecule has 2 rings (SSSR count). The molecule has 0 N–H and O–H groups in total. The maximum Gasteiger partial charge on any atom is 0.290 e. The van der Waals surface area contributed by atoms with E-state index in [-0.39, 0.29) is 12.3 Å². The van der Waals surface area contributed by atoms with Crippen LogP contribution in [0.25, 0.3) is 0 Å². The number of nitrogens with zero attached hydrogens (tertiary/aromatic N) is 3. The van der Waals surface area contributed by atoms with E-state index in [1.165, 1.54) is 12.0 Å². The molecule has 1 fully saturated rings. The minimum atomic E-state index is -2.99. The normalized spacial score (nSPS) is 31.8.